The molecular weight excluding hydrogens is 300 g/mol. The fourth-order valence-corrected chi connectivity index (χ4v) is 3.05. The molecule has 126 valence electrons. The molecule has 0 bridgehead atoms. The quantitative estimate of drug-likeness (QED) is 0.707. The van der Waals surface area contributed by atoms with Crippen molar-refractivity contribution in [3.8, 4) is 0 Å². The van der Waals surface area contributed by atoms with Crippen molar-refractivity contribution in [2.24, 2.45) is 0 Å². The molecule has 3 rings (SSSR count). The smallest absolute Gasteiger partial charge is 0.306 e. The minimum atomic E-state index is -0.403. The first-order valence-corrected chi connectivity index (χ1v) is 8.51. The molecule has 0 radical (unpaired) electrons. The molecule has 1 aliphatic rings. The van der Waals surface area contributed by atoms with Gasteiger partial charge in [0, 0.05) is 23.6 Å². The molecule has 0 aromatic heterocycles. The third-order valence-corrected chi connectivity index (χ3v) is 3.94. The van der Waals surface area contributed by atoms with E-state index in [-0.39, 0.29) is 11.6 Å². The first kappa shape index (κ1) is 16.6. The molecule has 3 nitrogen and oxygen atoms in total. The lowest BCUT2D eigenvalue weighted by atomic mass is 9.90. The first-order valence-electron chi connectivity index (χ1n) is 8.51. The maximum atomic E-state index is 12.0. The van der Waals surface area contributed by atoms with Crippen LogP contribution in [-0.4, -0.2) is 11.6 Å². The average Bonchev–Trinajstić information content (AvgIpc) is 2.50. The van der Waals surface area contributed by atoms with Crippen LogP contribution >= 0.6 is 0 Å². The van der Waals surface area contributed by atoms with Crippen LogP contribution in [0.15, 0.2) is 42.5 Å². The molecule has 0 saturated carbocycles. The highest BCUT2D eigenvalue weighted by Gasteiger charge is 2.27. The fourth-order valence-electron chi connectivity index (χ4n) is 3.05. The molecule has 0 amide bonds. The minimum absolute atomic E-state index is 0.176. The molecular formula is C21H24O3. The Morgan fingerprint density at radius 1 is 1.12 bits per heavy atom. The van der Waals surface area contributed by atoms with Crippen LogP contribution in [0, 0.1) is 0 Å². The highest BCUT2D eigenvalue weighted by molar-refractivity contribution is 5.97. The van der Waals surface area contributed by atoms with E-state index in [0.29, 0.717) is 6.42 Å². The van der Waals surface area contributed by atoms with Gasteiger partial charge in [0.2, 0.25) is 0 Å². The minimum Gasteiger partial charge on any atom is -0.488 e. The number of benzene rings is 2. The maximum absolute atomic E-state index is 12.0. The lowest BCUT2D eigenvalue weighted by Crippen LogP contribution is -2.21. The van der Waals surface area contributed by atoms with Crippen LogP contribution in [0.2, 0.25) is 0 Å². The lowest BCUT2D eigenvalue weighted by molar-refractivity contribution is -0.147. The second kappa shape index (κ2) is 6.31. The van der Waals surface area contributed by atoms with Crippen LogP contribution < -0.4 is 0 Å². The van der Waals surface area contributed by atoms with Gasteiger partial charge in [0.05, 0.1) is 0 Å². The molecule has 24 heavy (non-hydrogen) atoms. The standard InChI is InChI=1S/C21H24O3/c1-5-8-19(22)23-17-13-18(24-21(2,3)4)16-12-7-10-14-9-6-11-15(17)20(14)16/h6-7,9-13,17H,5,8H2,1-4H3. The van der Waals surface area contributed by atoms with Gasteiger partial charge in [-0.3, -0.25) is 4.79 Å². The van der Waals surface area contributed by atoms with Crippen LogP contribution in [0.5, 0.6) is 0 Å². The Kier molecular flexibility index (Phi) is 4.35. The van der Waals surface area contributed by atoms with Crippen molar-refractivity contribution in [2.75, 3.05) is 0 Å². The predicted molar refractivity (Wildman–Crippen MR) is 96.5 cm³/mol. The highest BCUT2D eigenvalue weighted by Crippen LogP contribution is 2.41. The van der Waals surface area contributed by atoms with Crippen molar-refractivity contribution >= 4 is 22.5 Å². The van der Waals surface area contributed by atoms with Gasteiger partial charge in [-0.2, -0.15) is 0 Å². The molecule has 0 N–H and O–H groups in total. The van der Waals surface area contributed by atoms with Crippen LogP contribution in [0.4, 0.5) is 0 Å². The van der Waals surface area contributed by atoms with Gasteiger partial charge in [-0.1, -0.05) is 43.3 Å². The molecule has 0 fully saturated rings. The summed E-state index contributed by atoms with van der Waals surface area (Å²) in [7, 11) is 0. The Bertz CT molecular complexity index is 791. The Hall–Kier alpha value is -2.29. The monoisotopic (exact) mass is 324 g/mol. The molecule has 1 atom stereocenters. The van der Waals surface area contributed by atoms with Gasteiger partial charge >= 0.3 is 5.97 Å². The second-order valence-corrected chi connectivity index (χ2v) is 7.16. The van der Waals surface area contributed by atoms with Gasteiger partial charge < -0.3 is 9.47 Å². The van der Waals surface area contributed by atoms with E-state index in [9.17, 15) is 4.79 Å². The summed E-state index contributed by atoms with van der Waals surface area (Å²) in [5.74, 6) is 0.603. The summed E-state index contributed by atoms with van der Waals surface area (Å²) >= 11 is 0. The summed E-state index contributed by atoms with van der Waals surface area (Å²) in [5.41, 5.74) is 1.76. The highest BCUT2D eigenvalue weighted by atomic mass is 16.5. The van der Waals surface area contributed by atoms with Gasteiger partial charge in [0.15, 0.2) is 0 Å². The van der Waals surface area contributed by atoms with Gasteiger partial charge in [-0.15, -0.1) is 0 Å². The van der Waals surface area contributed by atoms with E-state index in [0.717, 1.165) is 34.1 Å². The van der Waals surface area contributed by atoms with E-state index < -0.39 is 6.10 Å². The third-order valence-electron chi connectivity index (χ3n) is 3.94. The third kappa shape index (κ3) is 3.30. The summed E-state index contributed by atoms with van der Waals surface area (Å²) in [6.07, 6.45) is 2.73. The zero-order valence-corrected chi connectivity index (χ0v) is 14.8. The van der Waals surface area contributed by atoms with E-state index in [1.807, 2.05) is 52.0 Å². The number of hydrogen-bond donors (Lipinski definition) is 0. The summed E-state index contributed by atoms with van der Waals surface area (Å²) in [6, 6.07) is 12.3. The predicted octanol–water partition coefficient (Wildman–Crippen LogP) is 5.39. The van der Waals surface area contributed by atoms with Crippen LogP contribution in [0.3, 0.4) is 0 Å². The largest absolute Gasteiger partial charge is 0.488 e. The first-order chi connectivity index (χ1) is 11.4. The van der Waals surface area contributed by atoms with E-state index in [1.165, 1.54) is 0 Å². The Morgan fingerprint density at radius 2 is 1.83 bits per heavy atom. The summed E-state index contributed by atoms with van der Waals surface area (Å²) in [5, 5.41) is 2.24. The molecule has 0 heterocycles. The van der Waals surface area contributed by atoms with Crippen molar-refractivity contribution in [2.45, 2.75) is 52.2 Å². The van der Waals surface area contributed by atoms with Crippen molar-refractivity contribution < 1.29 is 14.3 Å². The molecule has 3 heteroatoms. The fraction of sp³-hybridized carbons (Fsp3) is 0.381. The number of hydrogen-bond acceptors (Lipinski definition) is 3. The van der Waals surface area contributed by atoms with E-state index in [4.69, 9.17) is 9.47 Å². The molecule has 1 aliphatic carbocycles. The van der Waals surface area contributed by atoms with Gasteiger partial charge in [-0.25, -0.2) is 0 Å². The normalized spacial score (nSPS) is 16.7. The Morgan fingerprint density at radius 3 is 2.50 bits per heavy atom. The van der Waals surface area contributed by atoms with Crippen LogP contribution in [-0.2, 0) is 14.3 Å². The van der Waals surface area contributed by atoms with Crippen LogP contribution in [0.25, 0.3) is 16.5 Å². The molecule has 0 aliphatic heterocycles. The average molecular weight is 324 g/mol. The second-order valence-electron chi connectivity index (χ2n) is 7.16. The van der Waals surface area contributed by atoms with Crippen molar-refractivity contribution in [3.05, 3.63) is 53.6 Å². The van der Waals surface area contributed by atoms with E-state index in [2.05, 4.69) is 18.2 Å². The number of ether oxygens (including phenoxy) is 2. The molecule has 2 aromatic rings. The number of rotatable bonds is 4. The zero-order valence-electron chi connectivity index (χ0n) is 14.8. The van der Waals surface area contributed by atoms with Crippen molar-refractivity contribution in [3.63, 3.8) is 0 Å². The van der Waals surface area contributed by atoms with Crippen molar-refractivity contribution in [1.29, 1.82) is 0 Å². The zero-order chi connectivity index (χ0) is 17.3. The SMILES string of the molecule is CCCC(=O)OC1C=C(OC(C)(C)C)c2cccc3cccc1c23. The van der Waals surface area contributed by atoms with Crippen molar-refractivity contribution in [1.82, 2.24) is 0 Å². The summed E-state index contributed by atoms with van der Waals surface area (Å²) in [4.78, 5) is 12.0. The maximum Gasteiger partial charge on any atom is 0.306 e. The number of carbonyl (C=O) groups is 1. The Labute approximate surface area is 143 Å². The topological polar surface area (TPSA) is 35.5 Å². The Balaban J connectivity index is 2.10. The lowest BCUT2D eigenvalue weighted by Gasteiger charge is -2.29. The molecule has 2 aromatic carbocycles. The molecule has 1 unspecified atom stereocenters. The van der Waals surface area contributed by atoms with Gasteiger partial charge in [0.1, 0.15) is 17.5 Å². The summed E-state index contributed by atoms with van der Waals surface area (Å²) < 4.78 is 11.9. The van der Waals surface area contributed by atoms with Crippen LogP contribution in [0.1, 0.15) is 57.8 Å². The summed E-state index contributed by atoms with van der Waals surface area (Å²) in [6.45, 7) is 8.04. The number of carbonyl (C=O) groups excluding carboxylic acids is 1. The molecule has 0 spiro atoms. The molecule has 0 saturated heterocycles. The van der Waals surface area contributed by atoms with Gasteiger partial charge in [0.25, 0.3) is 0 Å². The van der Waals surface area contributed by atoms with E-state index >= 15 is 0 Å². The van der Waals surface area contributed by atoms with Gasteiger partial charge in [-0.05, 0) is 38.0 Å². The number of esters is 1. The van der Waals surface area contributed by atoms with E-state index in [1.54, 1.807) is 0 Å².